The molecule has 1 aromatic heterocycles. The lowest BCUT2D eigenvalue weighted by Gasteiger charge is -2.33. The fourth-order valence-corrected chi connectivity index (χ4v) is 5.79. The fraction of sp³-hybridized carbons (Fsp3) is 0.357. The first-order valence-electron chi connectivity index (χ1n) is 11.6. The van der Waals surface area contributed by atoms with Crippen LogP contribution in [0.2, 0.25) is 0 Å². The summed E-state index contributed by atoms with van der Waals surface area (Å²) in [5, 5.41) is 6.66. The van der Waals surface area contributed by atoms with Crippen molar-refractivity contribution in [2.45, 2.75) is 47.0 Å². The molecule has 4 rings (SSSR count). The SMILES string of the molecule is COc1ccccc1NC(=O)c1c(NC(=O)c2ccc(C)cc2)sc2c1CCC(C(C)(C)C)C2. The molecule has 0 aliphatic heterocycles. The third-order valence-corrected chi connectivity index (χ3v) is 7.78. The molecule has 5 nitrogen and oxygen atoms in total. The summed E-state index contributed by atoms with van der Waals surface area (Å²) in [5.41, 5.74) is 4.08. The number of thiophene rings is 1. The molecule has 0 saturated carbocycles. The van der Waals surface area contributed by atoms with Gasteiger partial charge in [0.15, 0.2) is 0 Å². The maximum Gasteiger partial charge on any atom is 0.259 e. The van der Waals surface area contributed by atoms with Crippen LogP contribution >= 0.6 is 11.3 Å². The Hall–Kier alpha value is -3.12. The largest absolute Gasteiger partial charge is 0.495 e. The number of amides is 2. The number of nitrogens with one attached hydrogen (secondary N) is 2. The standard InChI is InChI=1S/C28H32N2O3S/c1-17-10-12-18(13-11-17)25(31)30-27-24(26(32)29-21-8-6-7-9-22(21)33-5)20-15-14-19(28(2,3)4)16-23(20)34-27/h6-13,19H,14-16H2,1-5H3,(H,29,32)(H,30,31). The van der Waals surface area contributed by atoms with Crippen LogP contribution in [0.1, 0.15) is 63.9 Å². The van der Waals surface area contributed by atoms with Gasteiger partial charge in [0.2, 0.25) is 0 Å². The second-order valence-corrected chi connectivity index (χ2v) is 11.1. The van der Waals surface area contributed by atoms with Crippen LogP contribution in [0.5, 0.6) is 5.75 Å². The molecule has 0 radical (unpaired) electrons. The molecule has 2 aromatic carbocycles. The van der Waals surface area contributed by atoms with Crippen LogP contribution in [0.3, 0.4) is 0 Å². The summed E-state index contributed by atoms with van der Waals surface area (Å²) < 4.78 is 5.41. The first-order valence-corrected chi connectivity index (χ1v) is 12.5. The van der Waals surface area contributed by atoms with Gasteiger partial charge in [-0.25, -0.2) is 0 Å². The Labute approximate surface area is 205 Å². The molecule has 0 saturated heterocycles. The lowest BCUT2D eigenvalue weighted by molar-refractivity contribution is 0.102. The van der Waals surface area contributed by atoms with Gasteiger partial charge in [-0.3, -0.25) is 9.59 Å². The molecule has 3 aromatic rings. The van der Waals surface area contributed by atoms with E-state index in [4.69, 9.17) is 4.74 Å². The highest BCUT2D eigenvalue weighted by molar-refractivity contribution is 7.17. The number of fused-ring (bicyclic) bond motifs is 1. The summed E-state index contributed by atoms with van der Waals surface area (Å²) in [5.74, 6) is 0.690. The molecule has 2 amide bonds. The third-order valence-electron chi connectivity index (χ3n) is 6.61. The van der Waals surface area contributed by atoms with E-state index >= 15 is 0 Å². The topological polar surface area (TPSA) is 67.4 Å². The van der Waals surface area contributed by atoms with Gasteiger partial charge in [0.1, 0.15) is 10.8 Å². The van der Waals surface area contributed by atoms with Gasteiger partial charge in [-0.2, -0.15) is 0 Å². The highest BCUT2D eigenvalue weighted by atomic mass is 32.1. The van der Waals surface area contributed by atoms with Crippen LogP contribution in [0.15, 0.2) is 48.5 Å². The number of hydrogen-bond acceptors (Lipinski definition) is 4. The first-order chi connectivity index (χ1) is 16.2. The Morgan fingerprint density at radius 1 is 1.00 bits per heavy atom. The minimum absolute atomic E-state index is 0.187. The second kappa shape index (κ2) is 9.63. The maximum absolute atomic E-state index is 13.6. The van der Waals surface area contributed by atoms with Gasteiger partial charge in [0.05, 0.1) is 18.4 Å². The van der Waals surface area contributed by atoms with Gasteiger partial charge in [-0.1, -0.05) is 50.6 Å². The molecule has 1 unspecified atom stereocenters. The van der Waals surface area contributed by atoms with Gasteiger partial charge in [0, 0.05) is 10.4 Å². The van der Waals surface area contributed by atoms with E-state index in [0.29, 0.717) is 33.5 Å². The Bertz CT molecular complexity index is 1210. The monoisotopic (exact) mass is 476 g/mol. The van der Waals surface area contributed by atoms with E-state index in [9.17, 15) is 9.59 Å². The number of hydrogen-bond donors (Lipinski definition) is 2. The van der Waals surface area contributed by atoms with Gasteiger partial charge < -0.3 is 15.4 Å². The molecule has 1 atom stereocenters. The number of methoxy groups -OCH3 is 1. The van der Waals surface area contributed by atoms with Crippen molar-refractivity contribution < 1.29 is 14.3 Å². The van der Waals surface area contributed by atoms with Crippen LogP contribution in [-0.2, 0) is 12.8 Å². The van der Waals surface area contributed by atoms with Crippen molar-refractivity contribution in [1.82, 2.24) is 0 Å². The van der Waals surface area contributed by atoms with Crippen LogP contribution in [0.25, 0.3) is 0 Å². The quantitative estimate of drug-likeness (QED) is 0.429. The number of carbonyl (C=O) groups excluding carboxylic acids is 2. The van der Waals surface area contributed by atoms with Crippen molar-refractivity contribution in [1.29, 1.82) is 0 Å². The van der Waals surface area contributed by atoms with Crippen LogP contribution in [0.4, 0.5) is 10.7 Å². The summed E-state index contributed by atoms with van der Waals surface area (Å²) >= 11 is 1.53. The summed E-state index contributed by atoms with van der Waals surface area (Å²) in [4.78, 5) is 27.8. The van der Waals surface area contributed by atoms with Crippen LogP contribution in [0, 0.1) is 18.3 Å². The van der Waals surface area contributed by atoms with Gasteiger partial charge in [-0.15, -0.1) is 11.3 Å². The predicted molar refractivity (Wildman–Crippen MR) is 139 cm³/mol. The molecule has 178 valence electrons. The molecule has 2 N–H and O–H groups in total. The third kappa shape index (κ3) is 5.02. The van der Waals surface area contributed by atoms with Gasteiger partial charge >= 0.3 is 0 Å². The number of para-hydroxylation sites is 2. The smallest absolute Gasteiger partial charge is 0.259 e. The average molecular weight is 477 g/mol. The van der Waals surface area contributed by atoms with E-state index in [1.54, 1.807) is 7.11 Å². The van der Waals surface area contributed by atoms with Crippen molar-refractivity contribution in [2.24, 2.45) is 11.3 Å². The van der Waals surface area contributed by atoms with Crippen LogP contribution < -0.4 is 15.4 Å². The van der Waals surface area contributed by atoms with Crippen molar-refractivity contribution in [3.05, 3.63) is 75.7 Å². The predicted octanol–water partition coefficient (Wildman–Crippen LogP) is 6.72. The summed E-state index contributed by atoms with van der Waals surface area (Å²) in [6, 6.07) is 14.8. The number of aryl methyl sites for hydroxylation is 1. The van der Waals surface area contributed by atoms with E-state index in [1.165, 1.54) is 16.2 Å². The van der Waals surface area contributed by atoms with E-state index < -0.39 is 0 Å². The summed E-state index contributed by atoms with van der Waals surface area (Å²) in [6.45, 7) is 8.80. The zero-order valence-electron chi connectivity index (χ0n) is 20.5. The Morgan fingerprint density at radius 3 is 2.38 bits per heavy atom. The number of benzene rings is 2. The molecule has 1 aliphatic carbocycles. The maximum atomic E-state index is 13.6. The van der Waals surface area contributed by atoms with Crippen LogP contribution in [-0.4, -0.2) is 18.9 Å². The molecule has 1 aliphatic rings. The minimum atomic E-state index is -0.226. The van der Waals surface area contributed by atoms with E-state index in [1.807, 2.05) is 55.5 Å². The van der Waals surface area contributed by atoms with Crippen molar-refractivity contribution in [3.63, 3.8) is 0 Å². The molecule has 0 spiro atoms. The molecule has 34 heavy (non-hydrogen) atoms. The summed E-state index contributed by atoms with van der Waals surface area (Å²) in [6.07, 6.45) is 2.76. The fourth-order valence-electron chi connectivity index (χ4n) is 4.47. The highest BCUT2D eigenvalue weighted by Crippen LogP contribution is 2.44. The zero-order valence-corrected chi connectivity index (χ0v) is 21.3. The number of anilines is 2. The number of carbonyl (C=O) groups is 2. The lowest BCUT2D eigenvalue weighted by atomic mass is 9.72. The Kier molecular flexibility index (Phi) is 6.80. The first kappa shape index (κ1) is 24.0. The Morgan fingerprint density at radius 2 is 1.71 bits per heavy atom. The molecular formula is C28H32N2O3S. The number of rotatable bonds is 5. The second-order valence-electron chi connectivity index (χ2n) is 9.99. The van der Waals surface area contributed by atoms with Crippen molar-refractivity contribution in [2.75, 3.05) is 17.7 Å². The van der Waals surface area contributed by atoms with Gasteiger partial charge in [0.25, 0.3) is 11.8 Å². The Balaban J connectivity index is 1.69. The minimum Gasteiger partial charge on any atom is -0.495 e. The molecule has 6 heteroatoms. The number of ether oxygens (including phenoxy) is 1. The lowest BCUT2D eigenvalue weighted by Crippen LogP contribution is -2.27. The van der Waals surface area contributed by atoms with E-state index in [2.05, 4.69) is 31.4 Å². The van der Waals surface area contributed by atoms with E-state index in [0.717, 1.165) is 30.4 Å². The molecule has 0 fully saturated rings. The summed E-state index contributed by atoms with van der Waals surface area (Å²) in [7, 11) is 1.58. The molecule has 1 heterocycles. The molecule has 0 bridgehead atoms. The van der Waals surface area contributed by atoms with Crippen molar-refractivity contribution in [3.8, 4) is 5.75 Å². The average Bonchev–Trinajstić information content (AvgIpc) is 3.16. The highest BCUT2D eigenvalue weighted by Gasteiger charge is 2.34. The van der Waals surface area contributed by atoms with Gasteiger partial charge in [-0.05, 0) is 67.3 Å². The van der Waals surface area contributed by atoms with Crippen molar-refractivity contribution >= 4 is 33.8 Å². The molecular weight excluding hydrogens is 444 g/mol. The normalized spacial score (nSPS) is 15.4. The van der Waals surface area contributed by atoms with E-state index in [-0.39, 0.29) is 17.2 Å². The zero-order chi connectivity index (χ0) is 24.5.